The quantitative estimate of drug-likeness (QED) is 0.629. The lowest BCUT2D eigenvalue weighted by Gasteiger charge is -2.12. The van der Waals surface area contributed by atoms with Gasteiger partial charge in [0.2, 0.25) is 5.95 Å². The first-order chi connectivity index (χ1) is 10.2. The van der Waals surface area contributed by atoms with Crippen LogP contribution < -0.4 is 10.5 Å². The summed E-state index contributed by atoms with van der Waals surface area (Å²) in [5.41, 5.74) is 7.06. The van der Waals surface area contributed by atoms with Gasteiger partial charge in [-0.3, -0.25) is 4.57 Å². The number of nitrogens with two attached hydrogens (primary N) is 1. The Balaban J connectivity index is 2.00. The first-order valence-corrected chi connectivity index (χ1v) is 7.70. The van der Waals surface area contributed by atoms with E-state index in [9.17, 15) is 0 Å². The van der Waals surface area contributed by atoms with Crippen LogP contribution in [0.1, 0.15) is 18.4 Å². The smallest absolute Gasteiger partial charge is 0.222 e. The number of ether oxygens (including phenoxy) is 1. The van der Waals surface area contributed by atoms with Gasteiger partial charge in [-0.05, 0) is 23.6 Å². The van der Waals surface area contributed by atoms with Crippen LogP contribution in [-0.2, 0) is 6.54 Å². The van der Waals surface area contributed by atoms with Crippen LogP contribution in [0.3, 0.4) is 0 Å². The summed E-state index contributed by atoms with van der Waals surface area (Å²) >= 11 is 1.65. The predicted molar refractivity (Wildman–Crippen MR) is 86.8 cm³/mol. The van der Waals surface area contributed by atoms with Crippen molar-refractivity contribution >= 4 is 17.7 Å². The number of hydrogen-bond donors (Lipinski definition) is 1. The molecule has 2 rings (SSSR count). The maximum Gasteiger partial charge on any atom is 0.222 e. The third-order valence-corrected chi connectivity index (χ3v) is 4.43. The molecule has 0 spiro atoms. The Morgan fingerprint density at radius 1 is 1.38 bits per heavy atom. The van der Waals surface area contributed by atoms with E-state index in [0.29, 0.717) is 18.4 Å². The fourth-order valence-electron chi connectivity index (χ4n) is 1.94. The molecule has 0 saturated carbocycles. The van der Waals surface area contributed by atoms with Crippen molar-refractivity contribution in [1.29, 1.82) is 0 Å². The molecular weight excluding hydrogens is 284 g/mol. The van der Waals surface area contributed by atoms with Crippen LogP contribution in [-0.4, -0.2) is 27.6 Å². The molecule has 0 aliphatic rings. The molecule has 2 aromatic rings. The van der Waals surface area contributed by atoms with E-state index in [2.05, 4.69) is 35.8 Å². The molecule has 5 nitrogen and oxygen atoms in total. The molecular formula is C15H20N4OS. The minimum absolute atomic E-state index is 0.399. The normalized spacial score (nSPS) is 12.1. The molecule has 0 bridgehead atoms. The average molecular weight is 304 g/mol. The molecule has 0 aliphatic carbocycles. The number of benzene rings is 1. The van der Waals surface area contributed by atoms with E-state index in [4.69, 9.17) is 10.5 Å². The molecule has 0 radical (unpaired) electrons. The molecule has 0 saturated heterocycles. The number of nitrogens with zero attached hydrogens (tertiary/aromatic N) is 3. The monoisotopic (exact) mass is 304 g/mol. The summed E-state index contributed by atoms with van der Waals surface area (Å²) in [5.74, 6) is 2.60. The zero-order valence-corrected chi connectivity index (χ0v) is 13.1. The standard InChI is InChI=1S/C15H20N4OS/c1-4-9-19-14(16)17-18-15(19)21-10-11(2)12-5-7-13(20-3)8-6-12/h4-8,11H,1,9-10H2,2-3H3,(H2,16,17). The first kappa shape index (κ1) is 15.4. The highest BCUT2D eigenvalue weighted by atomic mass is 32.2. The number of allylic oxidation sites excluding steroid dienone is 1. The van der Waals surface area contributed by atoms with Gasteiger partial charge in [0.15, 0.2) is 5.16 Å². The molecule has 112 valence electrons. The zero-order valence-electron chi connectivity index (χ0n) is 12.3. The second-order valence-corrected chi connectivity index (χ2v) is 5.71. The number of nitrogen functional groups attached to an aromatic ring is 1. The van der Waals surface area contributed by atoms with Gasteiger partial charge in [0.05, 0.1) is 7.11 Å². The summed E-state index contributed by atoms with van der Waals surface area (Å²) in [4.78, 5) is 0. The largest absolute Gasteiger partial charge is 0.497 e. The molecule has 21 heavy (non-hydrogen) atoms. The van der Waals surface area contributed by atoms with Crippen molar-refractivity contribution in [2.24, 2.45) is 0 Å². The maximum atomic E-state index is 5.79. The van der Waals surface area contributed by atoms with Crippen LogP contribution in [0.2, 0.25) is 0 Å². The summed E-state index contributed by atoms with van der Waals surface area (Å²) < 4.78 is 7.03. The van der Waals surface area contributed by atoms with Crippen LogP contribution in [0.4, 0.5) is 5.95 Å². The van der Waals surface area contributed by atoms with Gasteiger partial charge in [-0.15, -0.1) is 16.8 Å². The number of methoxy groups -OCH3 is 1. The fraction of sp³-hybridized carbons (Fsp3) is 0.333. The summed E-state index contributed by atoms with van der Waals surface area (Å²) in [6, 6.07) is 8.14. The first-order valence-electron chi connectivity index (χ1n) is 6.72. The minimum atomic E-state index is 0.399. The Hall–Kier alpha value is -1.95. The van der Waals surface area contributed by atoms with Gasteiger partial charge < -0.3 is 10.5 Å². The zero-order chi connectivity index (χ0) is 15.2. The van der Waals surface area contributed by atoms with Crippen molar-refractivity contribution in [3.05, 3.63) is 42.5 Å². The van der Waals surface area contributed by atoms with E-state index < -0.39 is 0 Å². The van der Waals surface area contributed by atoms with Crippen molar-refractivity contribution in [1.82, 2.24) is 14.8 Å². The molecule has 2 N–H and O–H groups in total. The average Bonchev–Trinajstić information content (AvgIpc) is 2.86. The molecule has 0 amide bonds. The maximum absolute atomic E-state index is 5.79. The molecule has 1 aromatic carbocycles. The Morgan fingerprint density at radius 2 is 2.10 bits per heavy atom. The van der Waals surface area contributed by atoms with Gasteiger partial charge in [-0.1, -0.05) is 36.9 Å². The SMILES string of the molecule is C=CCn1c(N)nnc1SCC(C)c1ccc(OC)cc1. The van der Waals surface area contributed by atoms with Crippen molar-refractivity contribution in [3.8, 4) is 5.75 Å². The molecule has 6 heteroatoms. The third-order valence-electron chi connectivity index (χ3n) is 3.20. The molecule has 0 aliphatic heterocycles. The van der Waals surface area contributed by atoms with E-state index in [0.717, 1.165) is 16.7 Å². The Morgan fingerprint density at radius 3 is 2.71 bits per heavy atom. The lowest BCUT2D eigenvalue weighted by atomic mass is 10.0. The van der Waals surface area contributed by atoms with E-state index in [1.165, 1.54) is 5.56 Å². The molecule has 0 fully saturated rings. The highest BCUT2D eigenvalue weighted by Crippen LogP contribution is 2.27. The molecule has 1 atom stereocenters. The Labute approximate surface area is 129 Å². The van der Waals surface area contributed by atoms with E-state index in [1.54, 1.807) is 24.9 Å². The fourth-order valence-corrected chi connectivity index (χ4v) is 2.95. The van der Waals surface area contributed by atoms with Crippen molar-refractivity contribution in [3.63, 3.8) is 0 Å². The van der Waals surface area contributed by atoms with Gasteiger partial charge in [-0.25, -0.2) is 0 Å². The molecule has 1 heterocycles. The number of aromatic nitrogens is 3. The minimum Gasteiger partial charge on any atom is -0.497 e. The van der Waals surface area contributed by atoms with Gasteiger partial charge in [0.25, 0.3) is 0 Å². The van der Waals surface area contributed by atoms with Gasteiger partial charge in [0, 0.05) is 12.3 Å². The van der Waals surface area contributed by atoms with Crippen molar-refractivity contribution < 1.29 is 4.74 Å². The van der Waals surface area contributed by atoms with Crippen molar-refractivity contribution in [2.75, 3.05) is 18.6 Å². The third kappa shape index (κ3) is 3.78. The van der Waals surface area contributed by atoms with Crippen molar-refractivity contribution in [2.45, 2.75) is 24.5 Å². The van der Waals surface area contributed by atoms with Crippen LogP contribution in [0, 0.1) is 0 Å². The van der Waals surface area contributed by atoms with Crippen LogP contribution in [0.5, 0.6) is 5.75 Å². The summed E-state index contributed by atoms with van der Waals surface area (Å²) in [6.07, 6.45) is 1.79. The number of thioether (sulfide) groups is 1. The topological polar surface area (TPSA) is 66.0 Å². The molecule has 1 aromatic heterocycles. The second kappa shape index (κ2) is 7.17. The van der Waals surface area contributed by atoms with E-state index >= 15 is 0 Å². The summed E-state index contributed by atoms with van der Waals surface area (Å²) in [6.45, 7) is 6.53. The second-order valence-electron chi connectivity index (χ2n) is 4.73. The highest BCUT2D eigenvalue weighted by molar-refractivity contribution is 7.99. The number of anilines is 1. The van der Waals surface area contributed by atoms with E-state index in [-0.39, 0.29) is 0 Å². The summed E-state index contributed by atoms with van der Waals surface area (Å²) in [5, 5.41) is 8.85. The molecule has 1 unspecified atom stereocenters. The number of hydrogen-bond acceptors (Lipinski definition) is 5. The van der Waals surface area contributed by atoms with Crippen LogP contribution >= 0.6 is 11.8 Å². The lowest BCUT2D eigenvalue weighted by molar-refractivity contribution is 0.414. The Kier molecular flexibility index (Phi) is 5.27. The van der Waals surface area contributed by atoms with Crippen LogP contribution in [0.15, 0.2) is 42.1 Å². The van der Waals surface area contributed by atoms with Gasteiger partial charge in [-0.2, -0.15) is 0 Å². The van der Waals surface area contributed by atoms with Gasteiger partial charge >= 0.3 is 0 Å². The van der Waals surface area contributed by atoms with Crippen LogP contribution in [0.25, 0.3) is 0 Å². The van der Waals surface area contributed by atoms with E-state index in [1.807, 2.05) is 16.7 Å². The Bertz CT molecular complexity index is 594. The predicted octanol–water partition coefficient (Wildman–Crippen LogP) is 2.95. The summed E-state index contributed by atoms with van der Waals surface area (Å²) in [7, 11) is 1.67. The lowest BCUT2D eigenvalue weighted by Crippen LogP contribution is -2.04. The van der Waals surface area contributed by atoms with Gasteiger partial charge in [0.1, 0.15) is 5.75 Å². The number of rotatable bonds is 7. The highest BCUT2D eigenvalue weighted by Gasteiger charge is 2.12.